The topological polar surface area (TPSA) is 65.4 Å². The third-order valence-corrected chi connectivity index (χ3v) is 3.29. The summed E-state index contributed by atoms with van der Waals surface area (Å²) in [5.74, 6) is 1.19. The molecule has 2 aromatic rings. The molecular formula is C15H17N3O3. The smallest absolute Gasteiger partial charge is 0.259 e. The van der Waals surface area contributed by atoms with Crippen molar-refractivity contribution >= 4 is 11.6 Å². The Labute approximate surface area is 122 Å². The molecule has 0 saturated carbocycles. The molecule has 6 nitrogen and oxygen atoms in total. The van der Waals surface area contributed by atoms with E-state index in [1.54, 1.807) is 24.0 Å². The maximum Gasteiger partial charge on any atom is 0.259 e. The van der Waals surface area contributed by atoms with Crippen LogP contribution in [0.5, 0.6) is 11.5 Å². The van der Waals surface area contributed by atoms with Gasteiger partial charge in [-0.2, -0.15) is 5.10 Å². The van der Waals surface area contributed by atoms with Crippen molar-refractivity contribution in [2.24, 2.45) is 7.05 Å². The van der Waals surface area contributed by atoms with Gasteiger partial charge in [0.25, 0.3) is 5.91 Å². The highest BCUT2D eigenvalue weighted by molar-refractivity contribution is 6.06. The molecular weight excluding hydrogens is 270 g/mol. The van der Waals surface area contributed by atoms with Gasteiger partial charge in [0.05, 0.1) is 16.9 Å². The average Bonchev–Trinajstić information content (AvgIpc) is 3.05. The van der Waals surface area contributed by atoms with Gasteiger partial charge in [0, 0.05) is 13.2 Å². The van der Waals surface area contributed by atoms with Crippen molar-refractivity contribution in [3.05, 3.63) is 35.7 Å². The summed E-state index contributed by atoms with van der Waals surface area (Å²) in [5.41, 5.74) is 1.96. The molecule has 21 heavy (non-hydrogen) atoms. The van der Waals surface area contributed by atoms with E-state index in [9.17, 15) is 4.79 Å². The number of carbonyl (C=O) groups is 1. The Hall–Kier alpha value is -2.50. The van der Waals surface area contributed by atoms with Gasteiger partial charge in [-0.05, 0) is 18.1 Å². The monoisotopic (exact) mass is 287 g/mol. The maximum atomic E-state index is 12.5. The van der Waals surface area contributed by atoms with Gasteiger partial charge in [-0.25, -0.2) is 0 Å². The Kier molecular flexibility index (Phi) is 3.29. The van der Waals surface area contributed by atoms with Gasteiger partial charge < -0.3 is 14.8 Å². The lowest BCUT2D eigenvalue weighted by atomic mass is 10.1. The second-order valence-corrected chi connectivity index (χ2v) is 5.25. The summed E-state index contributed by atoms with van der Waals surface area (Å²) >= 11 is 0. The molecule has 3 rings (SSSR count). The summed E-state index contributed by atoms with van der Waals surface area (Å²) in [5, 5.41) is 7.22. The molecule has 1 aromatic heterocycles. The number of nitrogens with zero attached hydrogens (tertiary/aromatic N) is 2. The highest BCUT2D eigenvalue weighted by atomic mass is 16.7. The van der Waals surface area contributed by atoms with Crippen molar-refractivity contribution in [2.75, 3.05) is 12.1 Å². The number of hydrogen-bond donors (Lipinski definition) is 1. The van der Waals surface area contributed by atoms with Gasteiger partial charge in [0.1, 0.15) is 0 Å². The Balaban J connectivity index is 1.89. The van der Waals surface area contributed by atoms with Crippen LogP contribution in [0.1, 0.15) is 35.8 Å². The van der Waals surface area contributed by atoms with Crippen molar-refractivity contribution < 1.29 is 14.3 Å². The molecule has 2 heterocycles. The predicted octanol–water partition coefficient (Wildman–Crippen LogP) is 2.52. The zero-order valence-corrected chi connectivity index (χ0v) is 12.2. The van der Waals surface area contributed by atoms with E-state index < -0.39 is 0 Å². The van der Waals surface area contributed by atoms with Crippen molar-refractivity contribution in [3.8, 4) is 11.5 Å². The van der Waals surface area contributed by atoms with Gasteiger partial charge in [-0.3, -0.25) is 9.48 Å². The molecule has 0 aliphatic carbocycles. The molecule has 0 unspecified atom stereocenters. The van der Waals surface area contributed by atoms with Crippen LogP contribution in [0, 0.1) is 0 Å². The Bertz CT molecular complexity index is 691. The molecule has 0 spiro atoms. The first-order valence-corrected chi connectivity index (χ1v) is 6.79. The molecule has 6 heteroatoms. The van der Waals surface area contributed by atoms with Crippen molar-refractivity contribution in [1.29, 1.82) is 0 Å². The van der Waals surface area contributed by atoms with Crippen LogP contribution in [-0.4, -0.2) is 22.5 Å². The first-order valence-electron chi connectivity index (χ1n) is 6.79. The lowest BCUT2D eigenvalue weighted by Gasteiger charge is -2.09. The largest absolute Gasteiger partial charge is 0.454 e. The van der Waals surface area contributed by atoms with E-state index in [0.29, 0.717) is 22.7 Å². The number of aromatic nitrogens is 2. The second kappa shape index (κ2) is 5.12. The minimum atomic E-state index is -0.198. The minimum absolute atomic E-state index is 0.173. The van der Waals surface area contributed by atoms with E-state index in [0.717, 1.165) is 5.69 Å². The first kappa shape index (κ1) is 13.5. The van der Waals surface area contributed by atoms with Crippen LogP contribution >= 0.6 is 0 Å². The fourth-order valence-electron chi connectivity index (χ4n) is 2.33. The second-order valence-electron chi connectivity index (χ2n) is 5.25. The number of fused-ring (bicyclic) bond motifs is 1. The van der Waals surface area contributed by atoms with Crippen molar-refractivity contribution in [2.45, 2.75) is 19.8 Å². The van der Waals surface area contributed by atoms with Crippen LogP contribution in [0.15, 0.2) is 24.4 Å². The molecule has 0 atom stereocenters. The van der Waals surface area contributed by atoms with Gasteiger partial charge >= 0.3 is 0 Å². The number of rotatable bonds is 3. The molecule has 0 radical (unpaired) electrons. The quantitative estimate of drug-likeness (QED) is 0.942. The summed E-state index contributed by atoms with van der Waals surface area (Å²) in [4.78, 5) is 12.5. The van der Waals surface area contributed by atoms with Crippen molar-refractivity contribution in [3.63, 3.8) is 0 Å². The highest BCUT2D eigenvalue weighted by Gasteiger charge is 2.22. The minimum Gasteiger partial charge on any atom is -0.454 e. The lowest BCUT2D eigenvalue weighted by Crippen LogP contribution is -2.14. The van der Waals surface area contributed by atoms with Gasteiger partial charge in [-0.15, -0.1) is 0 Å². The van der Waals surface area contributed by atoms with Gasteiger partial charge in [-0.1, -0.05) is 19.9 Å². The van der Waals surface area contributed by atoms with Crippen LogP contribution in [0.3, 0.4) is 0 Å². The molecule has 1 aliphatic heterocycles. The number of nitrogens with one attached hydrogen (secondary N) is 1. The zero-order chi connectivity index (χ0) is 15.0. The van der Waals surface area contributed by atoms with E-state index >= 15 is 0 Å². The highest BCUT2D eigenvalue weighted by Crippen LogP contribution is 2.39. The van der Waals surface area contributed by atoms with Gasteiger partial charge in [0.15, 0.2) is 11.5 Å². The van der Waals surface area contributed by atoms with E-state index in [4.69, 9.17) is 9.47 Å². The number of anilines is 1. The van der Waals surface area contributed by atoms with Crippen LogP contribution in [0.4, 0.5) is 5.69 Å². The summed E-state index contributed by atoms with van der Waals surface area (Å²) in [6, 6.07) is 5.41. The van der Waals surface area contributed by atoms with E-state index in [-0.39, 0.29) is 18.6 Å². The van der Waals surface area contributed by atoms with Gasteiger partial charge in [0.2, 0.25) is 6.79 Å². The summed E-state index contributed by atoms with van der Waals surface area (Å²) in [7, 11) is 1.81. The maximum absolute atomic E-state index is 12.5. The number of benzene rings is 1. The third kappa shape index (κ3) is 2.44. The molecule has 1 amide bonds. The number of hydrogen-bond acceptors (Lipinski definition) is 4. The van der Waals surface area contributed by atoms with E-state index in [2.05, 4.69) is 10.4 Å². The number of carbonyl (C=O) groups excluding carboxylic acids is 1. The fraction of sp³-hybridized carbons (Fsp3) is 0.333. The standard InChI is InChI=1S/C15H17N3O3/c1-9(2)13-10(7-18(3)17-13)15(19)16-11-5-4-6-12-14(11)21-8-20-12/h4-7,9H,8H2,1-3H3,(H,16,19). The number of para-hydroxylation sites is 1. The number of amides is 1. The molecule has 0 saturated heterocycles. The van der Waals surface area contributed by atoms with E-state index in [1.165, 1.54) is 0 Å². The van der Waals surface area contributed by atoms with Crippen LogP contribution in [0.25, 0.3) is 0 Å². The normalized spacial score (nSPS) is 12.8. The Morgan fingerprint density at radius 2 is 2.19 bits per heavy atom. The van der Waals surface area contributed by atoms with E-state index in [1.807, 2.05) is 26.0 Å². The zero-order valence-electron chi connectivity index (χ0n) is 12.2. The lowest BCUT2D eigenvalue weighted by molar-refractivity contribution is 0.102. The summed E-state index contributed by atoms with van der Waals surface area (Å²) < 4.78 is 12.3. The predicted molar refractivity (Wildman–Crippen MR) is 77.8 cm³/mol. The first-order chi connectivity index (χ1) is 10.1. The number of aryl methyl sites for hydroxylation is 1. The fourth-order valence-corrected chi connectivity index (χ4v) is 2.33. The molecule has 110 valence electrons. The SMILES string of the molecule is CC(C)c1nn(C)cc1C(=O)Nc1cccc2c1OCO2. The summed E-state index contributed by atoms with van der Waals surface area (Å²) in [6.07, 6.45) is 1.73. The molecule has 0 fully saturated rings. The summed E-state index contributed by atoms with van der Waals surface area (Å²) in [6.45, 7) is 4.19. The Morgan fingerprint density at radius 1 is 1.38 bits per heavy atom. The molecule has 1 N–H and O–H groups in total. The Morgan fingerprint density at radius 3 is 2.95 bits per heavy atom. The molecule has 1 aliphatic rings. The number of ether oxygens (including phenoxy) is 2. The third-order valence-electron chi connectivity index (χ3n) is 3.29. The van der Waals surface area contributed by atoms with Crippen LogP contribution in [0.2, 0.25) is 0 Å². The average molecular weight is 287 g/mol. The van der Waals surface area contributed by atoms with Crippen LogP contribution < -0.4 is 14.8 Å². The molecule has 0 bridgehead atoms. The molecule has 1 aromatic carbocycles. The van der Waals surface area contributed by atoms with Crippen molar-refractivity contribution in [1.82, 2.24) is 9.78 Å². The van der Waals surface area contributed by atoms with Crippen LogP contribution in [-0.2, 0) is 7.05 Å².